The monoisotopic (exact) mass is 409 g/mol. The third kappa shape index (κ3) is 4.36. The van der Waals surface area contributed by atoms with Crippen LogP contribution in [-0.4, -0.2) is 27.3 Å². The number of halogens is 4. The van der Waals surface area contributed by atoms with Gasteiger partial charge in [-0.1, -0.05) is 12.1 Å². The minimum atomic E-state index is -2.95. The van der Waals surface area contributed by atoms with Gasteiger partial charge in [-0.15, -0.1) is 0 Å². The molecule has 1 heterocycles. The van der Waals surface area contributed by atoms with E-state index in [-0.39, 0.29) is 41.8 Å². The molecular weight excluding hydrogens is 394 g/mol. The number of carbonyl (C=O) groups is 1. The van der Waals surface area contributed by atoms with Crippen LogP contribution in [0.3, 0.4) is 0 Å². The maximum Gasteiger partial charge on any atom is 0.404 e. The van der Waals surface area contributed by atoms with E-state index in [1.54, 1.807) is 0 Å². The number of rotatable bonds is 6. The van der Waals surface area contributed by atoms with E-state index < -0.39 is 35.3 Å². The largest absolute Gasteiger partial charge is 0.465 e. The summed E-state index contributed by atoms with van der Waals surface area (Å²) in [6.07, 6.45) is -3.90. The fraction of sp³-hybridized carbons (Fsp3) is 0.211. The molecule has 2 aromatic carbocycles. The highest BCUT2D eigenvalue weighted by atomic mass is 19.3. The lowest BCUT2D eigenvalue weighted by Gasteiger charge is -2.15. The first-order chi connectivity index (χ1) is 13.8. The molecule has 3 aromatic rings. The Morgan fingerprint density at radius 1 is 1.17 bits per heavy atom. The van der Waals surface area contributed by atoms with Crippen LogP contribution in [0.25, 0.3) is 16.6 Å². The summed E-state index contributed by atoms with van der Waals surface area (Å²) in [5.74, 6) is -1.84. The highest BCUT2D eigenvalue weighted by Gasteiger charge is 2.20. The Morgan fingerprint density at radius 3 is 2.48 bits per heavy atom. The molecule has 152 valence electrons. The highest BCUT2D eigenvalue weighted by Crippen LogP contribution is 2.26. The molecule has 0 fully saturated rings. The SMILES string of the molecule is O=C(O)NCCCc1nc2cccc(C(F)F)c2c(=O)n1-c1cc(F)cc(F)c1. The first kappa shape index (κ1) is 20.3. The summed E-state index contributed by atoms with van der Waals surface area (Å²) < 4.78 is 55.1. The van der Waals surface area contributed by atoms with E-state index in [0.717, 1.165) is 22.8 Å². The third-order valence-corrected chi connectivity index (χ3v) is 4.19. The summed E-state index contributed by atoms with van der Waals surface area (Å²) in [6, 6.07) is 6.20. The van der Waals surface area contributed by atoms with Gasteiger partial charge in [-0.2, -0.15) is 0 Å². The zero-order chi connectivity index (χ0) is 21.1. The molecule has 6 nitrogen and oxygen atoms in total. The predicted octanol–water partition coefficient (Wildman–Crippen LogP) is 3.80. The Balaban J connectivity index is 2.22. The van der Waals surface area contributed by atoms with E-state index in [2.05, 4.69) is 10.3 Å². The van der Waals surface area contributed by atoms with Crippen molar-refractivity contribution in [3.05, 3.63) is 69.8 Å². The van der Waals surface area contributed by atoms with Gasteiger partial charge in [0.1, 0.15) is 17.5 Å². The zero-order valence-electron chi connectivity index (χ0n) is 14.8. The second kappa shape index (κ2) is 8.29. The van der Waals surface area contributed by atoms with Crippen molar-refractivity contribution in [2.24, 2.45) is 0 Å². The third-order valence-electron chi connectivity index (χ3n) is 4.19. The Bertz CT molecular complexity index is 1110. The molecule has 0 aliphatic carbocycles. The Kier molecular flexibility index (Phi) is 5.81. The van der Waals surface area contributed by atoms with Crippen molar-refractivity contribution in [3.63, 3.8) is 0 Å². The second-order valence-corrected chi connectivity index (χ2v) is 6.17. The van der Waals surface area contributed by atoms with Crippen molar-refractivity contribution >= 4 is 17.0 Å². The van der Waals surface area contributed by atoms with Crippen LogP contribution >= 0.6 is 0 Å². The van der Waals surface area contributed by atoms with Gasteiger partial charge in [0.2, 0.25) is 0 Å². The summed E-state index contributed by atoms with van der Waals surface area (Å²) in [6.45, 7) is 0.0395. The van der Waals surface area contributed by atoms with Crippen molar-refractivity contribution in [2.45, 2.75) is 19.3 Å². The molecule has 1 amide bonds. The molecule has 1 aromatic heterocycles. The average molecular weight is 409 g/mol. The molecule has 0 saturated heterocycles. The molecule has 10 heteroatoms. The van der Waals surface area contributed by atoms with Crippen molar-refractivity contribution in [1.82, 2.24) is 14.9 Å². The van der Waals surface area contributed by atoms with Crippen molar-refractivity contribution in [2.75, 3.05) is 6.54 Å². The zero-order valence-corrected chi connectivity index (χ0v) is 14.8. The Hall–Kier alpha value is -3.43. The summed E-state index contributed by atoms with van der Waals surface area (Å²) in [5, 5.41) is 10.4. The topological polar surface area (TPSA) is 84.2 Å². The van der Waals surface area contributed by atoms with E-state index >= 15 is 0 Å². The lowest BCUT2D eigenvalue weighted by atomic mass is 10.1. The van der Waals surface area contributed by atoms with E-state index in [1.807, 2.05) is 0 Å². The fourth-order valence-corrected chi connectivity index (χ4v) is 3.03. The standard InChI is InChI=1S/C19H15F4N3O3/c20-10-7-11(21)9-12(8-10)26-15(5-2-6-24-19(28)29)25-14-4-1-3-13(17(22)23)16(14)18(26)27/h1,3-4,7-9,17,24H,2,5-6H2,(H,28,29). The van der Waals surface area contributed by atoms with Gasteiger partial charge in [-0.05, 0) is 24.6 Å². The normalized spacial score (nSPS) is 11.2. The number of nitrogens with zero attached hydrogens (tertiary/aromatic N) is 2. The smallest absolute Gasteiger partial charge is 0.404 e. The van der Waals surface area contributed by atoms with Crippen molar-refractivity contribution < 1.29 is 27.5 Å². The molecule has 0 radical (unpaired) electrons. The maximum atomic E-state index is 13.7. The molecule has 0 spiro atoms. The molecular formula is C19H15F4N3O3. The van der Waals surface area contributed by atoms with E-state index in [1.165, 1.54) is 12.1 Å². The summed E-state index contributed by atoms with van der Waals surface area (Å²) in [7, 11) is 0. The average Bonchev–Trinajstić information content (AvgIpc) is 2.63. The van der Waals surface area contributed by atoms with E-state index in [9.17, 15) is 27.2 Å². The lowest BCUT2D eigenvalue weighted by molar-refractivity contribution is 0.153. The number of carboxylic acid groups (broad SMARTS) is 1. The van der Waals surface area contributed by atoms with Crippen LogP contribution in [0.1, 0.15) is 24.2 Å². The van der Waals surface area contributed by atoms with Gasteiger partial charge in [0.25, 0.3) is 12.0 Å². The van der Waals surface area contributed by atoms with Crippen molar-refractivity contribution in [3.8, 4) is 5.69 Å². The van der Waals surface area contributed by atoms with E-state index in [4.69, 9.17) is 5.11 Å². The van der Waals surface area contributed by atoms with Crippen LogP contribution in [0.4, 0.5) is 22.4 Å². The molecule has 2 N–H and O–H groups in total. The van der Waals surface area contributed by atoms with E-state index in [0.29, 0.717) is 6.07 Å². The second-order valence-electron chi connectivity index (χ2n) is 6.17. The number of nitrogens with one attached hydrogen (secondary N) is 1. The van der Waals surface area contributed by atoms with Gasteiger partial charge >= 0.3 is 6.09 Å². The number of fused-ring (bicyclic) bond motifs is 1. The van der Waals surface area contributed by atoms with Gasteiger partial charge in [0.05, 0.1) is 16.6 Å². The number of alkyl halides is 2. The quantitative estimate of drug-likeness (QED) is 0.479. The van der Waals surface area contributed by atoms with Crippen LogP contribution in [-0.2, 0) is 6.42 Å². The highest BCUT2D eigenvalue weighted by molar-refractivity contribution is 5.82. The minimum absolute atomic E-state index is 0.0159. The van der Waals surface area contributed by atoms with Gasteiger partial charge in [0.15, 0.2) is 0 Å². The molecule has 0 bridgehead atoms. The first-order valence-corrected chi connectivity index (χ1v) is 8.54. The number of aryl methyl sites for hydroxylation is 1. The molecule has 29 heavy (non-hydrogen) atoms. The van der Waals surface area contributed by atoms with Crippen molar-refractivity contribution in [1.29, 1.82) is 0 Å². The van der Waals surface area contributed by atoms with Crippen LogP contribution in [0.15, 0.2) is 41.2 Å². The number of hydrogen-bond acceptors (Lipinski definition) is 3. The Morgan fingerprint density at radius 2 is 1.86 bits per heavy atom. The van der Waals surface area contributed by atoms with Gasteiger partial charge in [-0.25, -0.2) is 27.3 Å². The van der Waals surface area contributed by atoms with Crippen LogP contribution in [0.5, 0.6) is 0 Å². The van der Waals surface area contributed by atoms with Crippen LogP contribution < -0.4 is 10.9 Å². The maximum absolute atomic E-state index is 13.7. The van der Waals surface area contributed by atoms with Gasteiger partial charge in [0, 0.05) is 24.6 Å². The molecule has 3 rings (SSSR count). The number of hydrogen-bond donors (Lipinski definition) is 2. The van der Waals surface area contributed by atoms with Crippen LogP contribution in [0.2, 0.25) is 0 Å². The predicted molar refractivity (Wildman–Crippen MR) is 96.6 cm³/mol. The molecule has 0 unspecified atom stereocenters. The minimum Gasteiger partial charge on any atom is -0.465 e. The summed E-state index contributed by atoms with van der Waals surface area (Å²) >= 11 is 0. The fourth-order valence-electron chi connectivity index (χ4n) is 3.03. The summed E-state index contributed by atoms with van der Waals surface area (Å²) in [5.41, 5.74) is -1.61. The lowest BCUT2D eigenvalue weighted by Crippen LogP contribution is -2.27. The summed E-state index contributed by atoms with van der Waals surface area (Å²) in [4.78, 5) is 27.9. The molecule has 0 atom stereocenters. The molecule has 0 aliphatic rings. The number of aromatic nitrogens is 2. The molecule has 0 saturated carbocycles. The number of benzene rings is 2. The first-order valence-electron chi connectivity index (χ1n) is 8.54. The number of amides is 1. The van der Waals surface area contributed by atoms with Gasteiger partial charge in [-0.3, -0.25) is 9.36 Å². The van der Waals surface area contributed by atoms with Crippen LogP contribution in [0, 0.1) is 11.6 Å². The molecule has 0 aliphatic heterocycles. The van der Waals surface area contributed by atoms with Gasteiger partial charge < -0.3 is 10.4 Å². The Labute approximate surface area is 161 Å².